The zero-order chi connectivity index (χ0) is 20.6. The number of benzene rings is 1. The molecule has 1 aliphatic rings. The number of thiazole rings is 1. The van der Waals surface area contributed by atoms with Crippen molar-refractivity contribution in [2.45, 2.75) is 20.5 Å². The molecule has 0 aliphatic carbocycles. The fourth-order valence-corrected chi connectivity index (χ4v) is 3.89. The van der Waals surface area contributed by atoms with E-state index in [-0.39, 0.29) is 11.8 Å². The third-order valence-corrected chi connectivity index (χ3v) is 5.72. The molecule has 2 amide bonds. The first kappa shape index (κ1) is 21.3. The molecule has 0 unspecified atom stereocenters. The summed E-state index contributed by atoms with van der Waals surface area (Å²) in [5.41, 5.74) is 3.27. The monoisotopic (exact) mass is 416 g/mol. The van der Waals surface area contributed by atoms with Gasteiger partial charge in [-0.25, -0.2) is 4.98 Å². The van der Waals surface area contributed by atoms with Gasteiger partial charge in [0.25, 0.3) is 5.91 Å². The SMILES string of the molecule is CCN(CC)C(=O)CN1CCN(C(=O)c2cccc(OCc3cscn3)c2)CC1. The van der Waals surface area contributed by atoms with Crippen molar-refractivity contribution in [3.05, 3.63) is 46.4 Å². The van der Waals surface area contributed by atoms with Crippen LogP contribution >= 0.6 is 11.3 Å². The molecule has 2 aromatic rings. The molecule has 1 aliphatic heterocycles. The molecular formula is C21H28N4O3S. The Bertz CT molecular complexity index is 800. The van der Waals surface area contributed by atoms with E-state index in [9.17, 15) is 9.59 Å². The summed E-state index contributed by atoms with van der Waals surface area (Å²) in [5.74, 6) is 0.811. The van der Waals surface area contributed by atoms with Crippen LogP contribution in [0.4, 0.5) is 0 Å². The number of carbonyl (C=O) groups excluding carboxylic acids is 2. The quantitative estimate of drug-likeness (QED) is 0.661. The average Bonchev–Trinajstić information content (AvgIpc) is 3.27. The Hall–Kier alpha value is -2.45. The molecule has 0 atom stereocenters. The Kier molecular flexibility index (Phi) is 7.60. The van der Waals surface area contributed by atoms with Gasteiger partial charge in [-0.2, -0.15) is 0 Å². The van der Waals surface area contributed by atoms with Crippen LogP contribution in [0, 0.1) is 0 Å². The van der Waals surface area contributed by atoms with Crippen LogP contribution in [0.15, 0.2) is 35.2 Å². The predicted octanol–water partition coefficient (Wildman–Crippen LogP) is 2.35. The van der Waals surface area contributed by atoms with Gasteiger partial charge < -0.3 is 14.5 Å². The Morgan fingerprint density at radius 3 is 2.59 bits per heavy atom. The summed E-state index contributed by atoms with van der Waals surface area (Å²) < 4.78 is 5.76. The molecule has 3 rings (SSSR count). The molecule has 8 heteroatoms. The molecule has 2 heterocycles. The molecule has 1 saturated heterocycles. The minimum atomic E-state index is -0.00109. The van der Waals surface area contributed by atoms with Crippen molar-refractivity contribution in [2.24, 2.45) is 0 Å². The van der Waals surface area contributed by atoms with E-state index in [0.717, 1.165) is 18.8 Å². The van der Waals surface area contributed by atoms with Gasteiger partial charge in [0.1, 0.15) is 12.4 Å². The normalized spacial score (nSPS) is 14.6. The Balaban J connectivity index is 1.51. The van der Waals surface area contributed by atoms with Gasteiger partial charge in [-0.1, -0.05) is 6.07 Å². The maximum Gasteiger partial charge on any atom is 0.254 e. The lowest BCUT2D eigenvalue weighted by molar-refractivity contribution is -0.132. The summed E-state index contributed by atoms with van der Waals surface area (Å²) in [6, 6.07) is 7.28. The number of carbonyl (C=O) groups is 2. The van der Waals surface area contributed by atoms with Crippen LogP contribution in [-0.2, 0) is 11.4 Å². The molecule has 0 N–H and O–H groups in total. The van der Waals surface area contributed by atoms with Crippen molar-refractivity contribution in [1.82, 2.24) is 19.7 Å². The number of ether oxygens (including phenoxy) is 1. The number of amides is 2. The molecular weight excluding hydrogens is 388 g/mol. The Labute approximate surface area is 175 Å². The van der Waals surface area contributed by atoms with Crippen molar-refractivity contribution in [1.29, 1.82) is 0 Å². The molecule has 1 aromatic carbocycles. The van der Waals surface area contributed by atoms with Gasteiger partial charge in [-0.3, -0.25) is 14.5 Å². The van der Waals surface area contributed by atoms with Crippen LogP contribution in [0.3, 0.4) is 0 Å². The molecule has 7 nitrogen and oxygen atoms in total. The van der Waals surface area contributed by atoms with Crippen LogP contribution in [0.1, 0.15) is 29.9 Å². The number of rotatable bonds is 8. The zero-order valence-electron chi connectivity index (χ0n) is 17.0. The highest BCUT2D eigenvalue weighted by Gasteiger charge is 2.24. The molecule has 0 saturated carbocycles. The highest BCUT2D eigenvalue weighted by molar-refractivity contribution is 7.07. The lowest BCUT2D eigenvalue weighted by Crippen LogP contribution is -2.51. The average molecular weight is 417 g/mol. The summed E-state index contributed by atoms with van der Waals surface area (Å²) in [6.45, 7) is 8.91. The first-order chi connectivity index (χ1) is 14.1. The third-order valence-electron chi connectivity index (χ3n) is 5.09. The Morgan fingerprint density at radius 2 is 1.93 bits per heavy atom. The van der Waals surface area contributed by atoms with Crippen molar-refractivity contribution >= 4 is 23.2 Å². The molecule has 1 aromatic heterocycles. The number of aromatic nitrogens is 1. The summed E-state index contributed by atoms with van der Waals surface area (Å²) in [6.07, 6.45) is 0. The van der Waals surface area contributed by atoms with E-state index < -0.39 is 0 Å². The van der Waals surface area contributed by atoms with Crippen molar-refractivity contribution in [2.75, 3.05) is 45.8 Å². The van der Waals surface area contributed by atoms with E-state index in [1.54, 1.807) is 11.6 Å². The van der Waals surface area contributed by atoms with Gasteiger partial charge in [0.15, 0.2) is 0 Å². The highest BCUT2D eigenvalue weighted by Crippen LogP contribution is 2.17. The van der Waals surface area contributed by atoms with Crippen LogP contribution < -0.4 is 4.74 Å². The molecule has 1 fully saturated rings. The molecule has 29 heavy (non-hydrogen) atoms. The van der Waals surface area contributed by atoms with Gasteiger partial charge in [-0.15, -0.1) is 11.3 Å². The maximum absolute atomic E-state index is 12.9. The number of likely N-dealkylation sites (N-methyl/N-ethyl adjacent to an activating group) is 1. The fourth-order valence-electron chi connectivity index (χ4n) is 3.34. The predicted molar refractivity (Wildman–Crippen MR) is 113 cm³/mol. The first-order valence-electron chi connectivity index (χ1n) is 10.00. The van der Waals surface area contributed by atoms with Crippen molar-refractivity contribution in [3.8, 4) is 5.75 Å². The van der Waals surface area contributed by atoms with Crippen LogP contribution in [-0.4, -0.2) is 77.3 Å². The highest BCUT2D eigenvalue weighted by atomic mass is 32.1. The number of nitrogens with zero attached hydrogens (tertiary/aromatic N) is 4. The lowest BCUT2D eigenvalue weighted by atomic mass is 10.1. The second-order valence-corrected chi connectivity index (χ2v) is 7.65. The lowest BCUT2D eigenvalue weighted by Gasteiger charge is -2.35. The smallest absolute Gasteiger partial charge is 0.254 e. The molecule has 0 spiro atoms. The van der Waals surface area contributed by atoms with E-state index in [1.807, 2.05) is 47.2 Å². The molecule has 0 bridgehead atoms. The standard InChI is InChI=1S/C21H28N4O3S/c1-3-24(4-2)20(26)13-23-8-10-25(11-9-23)21(27)17-6-5-7-19(12-17)28-14-18-15-29-16-22-18/h5-7,12,15-16H,3-4,8-11,13-14H2,1-2H3. The first-order valence-corrected chi connectivity index (χ1v) is 10.9. The summed E-state index contributed by atoms with van der Waals surface area (Å²) in [7, 11) is 0. The van der Waals surface area contributed by atoms with Crippen LogP contribution in [0.25, 0.3) is 0 Å². The third kappa shape index (κ3) is 5.77. The van der Waals surface area contributed by atoms with Gasteiger partial charge in [0.2, 0.25) is 5.91 Å². The van der Waals surface area contributed by atoms with Gasteiger partial charge in [0, 0.05) is 50.2 Å². The number of hydrogen-bond acceptors (Lipinski definition) is 6. The van der Waals surface area contributed by atoms with Crippen molar-refractivity contribution < 1.29 is 14.3 Å². The second kappa shape index (κ2) is 10.4. The van der Waals surface area contributed by atoms with Gasteiger partial charge in [-0.05, 0) is 32.0 Å². The summed E-state index contributed by atoms with van der Waals surface area (Å²) in [4.78, 5) is 35.2. The van der Waals surface area contributed by atoms with Crippen LogP contribution in [0.2, 0.25) is 0 Å². The van der Waals surface area contributed by atoms with Crippen LogP contribution in [0.5, 0.6) is 5.75 Å². The maximum atomic E-state index is 12.9. The second-order valence-electron chi connectivity index (χ2n) is 6.93. The summed E-state index contributed by atoms with van der Waals surface area (Å²) >= 11 is 1.53. The van der Waals surface area contributed by atoms with E-state index in [2.05, 4.69) is 9.88 Å². The number of hydrogen-bond donors (Lipinski definition) is 0. The Morgan fingerprint density at radius 1 is 1.17 bits per heavy atom. The fraction of sp³-hybridized carbons (Fsp3) is 0.476. The topological polar surface area (TPSA) is 66.0 Å². The van der Waals surface area contributed by atoms with E-state index >= 15 is 0 Å². The minimum Gasteiger partial charge on any atom is -0.487 e. The van der Waals surface area contributed by atoms with E-state index in [0.29, 0.717) is 50.6 Å². The van der Waals surface area contributed by atoms with Gasteiger partial charge >= 0.3 is 0 Å². The minimum absolute atomic E-state index is 0.00109. The van der Waals surface area contributed by atoms with Gasteiger partial charge in [0.05, 0.1) is 17.7 Å². The molecule has 156 valence electrons. The van der Waals surface area contributed by atoms with E-state index in [1.165, 1.54) is 11.3 Å². The largest absolute Gasteiger partial charge is 0.487 e. The zero-order valence-corrected chi connectivity index (χ0v) is 17.9. The summed E-state index contributed by atoms with van der Waals surface area (Å²) in [5, 5.41) is 1.94. The van der Waals surface area contributed by atoms with Crippen molar-refractivity contribution in [3.63, 3.8) is 0 Å². The molecule has 0 radical (unpaired) electrons. The number of piperazine rings is 1. The van der Waals surface area contributed by atoms with E-state index in [4.69, 9.17) is 4.74 Å².